The molecule has 14 heavy (non-hydrogen) atoms. The van der Waals surface area contributed by atoms with Gasteiger partial charge in [0.25, 0.3) is 0 Å². The molecule has 80 valence electrons. The van der Waals surface area contributed by atoms with E-state index in [1.54, 1.807) is 6.08 Å². The van der Waals surface area contributed by atoms with E-state index in [4.69, 9.17) is 4.74 Å². The highest BCUT2D eigenvalue weighted by Gasteiger charge is 2.08. The Hall–Kier alpha value is -1.05. The number of ether oxygens (including phenoxy) is 1. The number of hydrogen-bond acceptors (Lipinski definition) is 2. The van der Waals surface area contributed by atoms with Crippen LogP contribution in [0.2, 0.25) is 0 Å². The van der Waals surface area contributed by atoms with Gasteiger partial charge in [0.05, 0.1) is 6.61 Å². The van der Waals surface area contributed by atoms with Crippen LogP contribution in [0, 0.1) is 5.92 Å². The van der Waals surface area contributed by atoms with Gasteiger partial charge in [-0.15, -0.1) is 6.58 Å². The monoisotopic (exact) mass is 196 g/mol. The van der Waals surface area contributed by atoms with Gasteiger partial charge in [0.15, 0.2) is 0 Å². The molecule has 1 unspecified atom stereocenters. The van der Waals surface area contributed by atoms with Crippen LogP contribution in [0.3, 0.4) is 0 Å². The summed E-state index contributed by atoms with van der Waals surface area (Å²) in [6.07, 6.45) is 9.62. The normalized spacial score (nSPS) is 19.1. The lowest BCUT2D eigenvalue weighted by Crippen LogP contribution is -2.11. The predicted octanol–water partition coefficient (Wildman–Crippen LogP) is 3.10. The smallest absolute Gasteiger partial charge is 0.302 e. The van der Waals surface area contributed by atoms with Crippen LogP contribution in [-0.2, 0) is 9.53 Å². The van der Waals surface area contributed by atoms with Gasteiger partial charge in [-0.1, -0.05) is 18.2 Å². The zero-order valence-electron chi connectivity index (χ0n) is 9.16. The van der Waals surface area contributed by atoms with Crippen LogP contribution in [0.25, 0.3) is 0 Å². The van der Waals surface area contributed by atoms with Crippen molar-refractivity contribution < 1.29 is 9.53 Å². The molecule has 0 aromatic heterocycles. The van der Waals surface area contributed by atoms with E-state index in [2.05, 4.69) is 18.7 Å². The first kappa shape index (κ1) is 12.9. The minimum Gasteiger partial charge on any atom is -0.465 e. The van der Waals surface area contributed by atoms with E-state index >= 15 is 0 Å². The van der Waals surface area contributed by atoms with Crippen LogP contribution in [0.15, 0.2) is 24.8 Å². The Morgan fingerprint density at radius 2 is 2.36 bits per heavy atom. The first-order valence-corrected chi connectivity index (χ1v) is 5.07. The molecule has 0 radical (unpaired) electrons. The van der Waals surface area contributed by atoms with Crippen molar-refractivity contribution >= 4 is 5.97 Å². The third kappa shape index (κ3) is 7.59. The highest BCUT2D eigenvalue weighted by molar-refractivity contribution is 5.65. The van der Waals surface area contributed by atoms with E-state index in [9.17, 15) is 4.79 Å². The highest BCUT2D eigenvalue weighted by atomic mass is 16.5. The second-order valence-electron chi connectivity index (χ2n) is 3.33. The van der Waals surface area contributed by atoms with E-state index < -0.39 is 0 Å². The first-order valence-electron chi connectivity index (χ1n) is 5.07. The van der Waals surface area contributed by atoms with Crippen molar-refractivity contribution in [2.24, 2.45) is 5.92 Å². The molecule has 0 aromatic rings. The number of hydrogen-bond donors (Lipinski definition) is 0. The molecule has 2 heteroatoms. The van der Waals surface area contributed by atoms with E-state index in [1.165, 1.54) is 19.8 Å². The third-order valence-corrected chi connectivity index (χ3v) is 1.85. The molecule has 0 amide bonds. The average molecular weight is 196 g/mol. The molecule has 1 aliphatic rings. The topological polar surface area (TPSA) is 26.3 Å². The fourth-order valence-electron chi connectivity index (χ4n) is 1.25. The molecule has 1 atom stereocenters. The number of esters is 1. The van der Waals surface area contributed by atoms with Crippen LogP contribution in [0.4, 0.5) is 0 Å². The molecule has 2 nitrogen and oxygen atoms in total. The number of rotatable bonds is 2. The van der Waals surface area contributed by atoms with Crippen LogP contribution in [0.1, 0.15) is 33.1 Å². The Labute approximate surface area is 86.6 Å². The Kier molecular flexibility index (Phi) is 7.90. The zero-order valence-corrected chi connectivity index (χ0v) is 9.16. The maximum Gasteiger partial charge on any atom is 0.302 e. The van der Waals surface area contributed by atoms with Crippen molar-refractivity contribution in [3.8, 4) is 0 Å². The molecule has 0 spiro atoms. The second-order valence-corrected chi connectivity index (χ2v) is 3.33. The van der Waals surface area contributed by atoms with Crippen molar-refractivity contribution in [1.29, 1.82) is 0 Å². The summed E-state index contributed by atoms with van der Waals surface area (Å²) in [4.78, 5) is 10.4. The molecule has 0 saturated carbocycles. The molecule has 0 aliphatic heterocycles. The highest BCUT2D eigenvalue weighted by Crippen LogP contribution is 2.16. The summed E-state index contributed by atoms with van der Waals surface area (Å²) in [6.45, 7) is 7.26. The quantitative estimate of drug-likeness (QED) is 0.501. The molecule has 1 rings (SSSR count). The Morgan fingerprint density at radius 3 is 2.79 bits per heavy atom. The SMILES string of the molecule is C=CC.CC(=O)OCC1C=CCCC1. The minimum atomic E-state index is -0.177. The summed E-state index contributed by atoms with van der Waals surface area (Å²) in [7, 11) is 0. The molecule has 1 aliphatic carbocycles. The van der Waals surface area contributed by atoms with Gasteiger partial charge in [-0.05, 0) is 26.2 Å². The average Bonchev–Trinajstić information content (AvgIpc) is 2.18. The van der Waals surface area contributed by atoms with Gasteiger partial charge >= 0.3 is 5.97 Å². The summed E-state index contributed by atoms with van der Waals surface area (Å²) < 4.78 is 4.89. The largest absolute Gasteiger partial charge is 0.465 e. The Morgan fingerprint density at radius 1 is 1.71 bits per heavy atom. The van der Waals surface area contributed by atoms with E-state index in [0.29, 0.717) is 12.5 Å². The molecule has 0 saturated heterocycles. The van der Waals surface area contributed by atoms with Gasteiger partial charge in [0, 0.05) is 12.8 Å². The maximum absolute atomic E-state index is 10.4. The van der Waals surface area contributed by atoms with Crippen LogP contribution >= 0.6 is 0 Å². The van der Waals surface area contributed by atoms with Gasteiger partial charge in [-0.3, -0.25) is 4.79 Å². The number of allylic oxidation sites excluding steroid dienone is 2. The zero-order chi connectivity index (χ0) is 10.8. The fraction of sp³-hybridized carbons (Fsp3) is 0.583. The molecule has 0 fully saturated rings. The summed E-state index contributed by atoms with van der Waals surface area (Å²) >= 11 is 0. The standard InChI is InChI=1S/C9H14O2.C3H6/c1-8(10)11-7-9-5-3-2-4-6-9;1-3-2/h3,5,9H,2,4,6-7H2,1H3;3H,1H2,2H3. The van der Waals surface area contributed by atoms with E-state index in [-0.39, 0.29) is 5.97 Å². The molecule has 0 heterocycles. The lowest BCUT2D eigenvalue weighted by Gasteiger charge is -2.15. The van der Waals surface area contributed by atoms with Crippen molar-refractivity contribution in [3.05, 3.63) is 24.8 Å². The van der Waals surface area contributed by atoms with Crippen LogP contribution in [-0.4, -0.2) is 12.6 Å². The summed E-state index contributed by atoms with van der Waals surface area (Å²) in [6, 6.07) is 0. The lowest BCUT2D eigenvalue weighted by molar-refractivity contribution is -0.141. The van der Waals surface area contributed by atoms with Crippen LogP contribution in [0.5, 0.6) is 0 Å². The van der Waals surface area contributed by atoms with Gasteiger partial charge in [-0.2, -0.15) is 0 Å². The molecule has 0 N–H and O–H groups in total. The van der Waals surface area contributed by atoms with Crippen molar-refractivity contribution in [2.75, 3.05) is 6.61 Å². The van der Waals surface area contributed by atoms with Gasteiger partial charge in [-0.25, -0.2) is 0 Å². The fourth-order valence-corrected chi connectivity index (χ4v) is 1.25. The first-order chi connectivity index (χ1) is 6.70. The van der Waals surface area contributed by atoms with Crippen LogP contribution < -0.4 is 0 Å². The van der Waals surface area contributed by atoms with Gasteiger partial charge in [0.1, 0.15) is 0 Å². The number of carbonyl (C=O) groups is 1. The van der Waals surface area contributed by atoms with Gasteiger partial charge in [0.2, 0.25) is 0 Å². The van der Waals surface area contributed by atoms with Crippen molar-refractivity contribution in [1.82, 2.24) is 0 Å². The van der Waals surface area contributed by atoms with Crippen molar-refractivity contribution in [3.63, 3.8) is 0 Å². The Bertz CT molecular complexity index is 194. The van der Waals surface area contributed by atoms with Gasteiger partial charge < -0.3 is 4.74 Å². The lowest BCUT2D eigenvalue weighted by atomic mass is 9.97. The summed E-state index contributed by atoms with van der Waals surface area (Å²) in [5.74, 6) is 0.289. The molecular weight excluding hydrogens is 176 g/mol. The molecule has 0 bridgehead atoms. The second kappa shape index (κ2) is 8.54. The van der Waals surface area contributed by atoms with Crippen molar-refractivity contribution in [2.45, 2.75) is 33.1 Å². The summed E-state index contributed by atoms with van der Waals surface area (Å²) in [5.41, 5.74) is 0. The molecular formula is C12H20O2. The summed E-state index contributed by atoms with van der Waals surface area (Å²) in [5, 5.41) is 0. The molecule has 0 aromatic carbocycles. The maximum atomic E-state index is 10.4. The minimum absolute atomic E-state index is 0.177. The number of carbonyl (C=O) groups excluding carboxylic acids is 1. The third-order valence-electron chi connectivity index (χ3n) is 1.85. The Balaban J connectivity index is 0.000000500. The predicted molar refractivity (Wildman–Crippen MR) is 59.0 cm³/mol. The van der Waals surface area contributed by atoms with E-state index in [1.807, 2.05) is 6.92 Å². The van der Waals surface area contributed by atoms with E-state index in [0.717, 1.165) is 6.42 Å².